The van der Waals surface area contributed by atoms with Crippen LogP contribution in [0.4, 0.5) is 35.8 Å². The van der Waals surface area contributed by atoms with Gasteiger partial charge in [0.05, 0.1) is 0 Å². The summed E-state index contributed by atoms with van der Waals surface area (Å²) in [6.07, 6.45) is -8.90. The third kappa shape index (κ3) is 5.62. The normalized spacial score (nSPS) is 9.27. The first-order chi connectivity index (χ1) is 3.85. The third-order valence-corrected chi connectivity index (χ3v) is 0.415. The van der Waals surface area contributed by atoms with Gasteiger partial charge in [-0.25, -0.2) is 0 Å². The minimum absolute atomic E-state index is 0. The molecule has 0 saturated carbocycles. The fourth-order valence-electron chi connectivity index (χ4n) is 0.107. The third-order valence-electron chi connectivity index (χ3n) is 0.415. The van der Waals surface area contributed by atoms with Crippen LogP contribution in [0.5, 0.6) is 0 Å². The van der Waals surface area contributed by atoms with E-state index in [1.807, 2.05) is 0 Å². The molecule has 70 valence electrons. The van der Waals surface area contributed by atoms with Crippen LogP contribution in [0.1, 0.15) is 0 Å². The molecule has 0 aliphatic carbocycles. The second kappa shape index (κ2) is 4.91. The summed E-state index contributed by atoms with van der Waals surface area (Å²) in [7, 11) is 0. The van der Waals surface area contributed by atoms with E-state index in [0.717, 1.165) is 0 Å². The summed E-state index contributed by atoms with van der Waals surface area (Å²) in [5.41, 5.74) is 0. The van der Waals surface area contributed by atoms with Crippen LogP contribution in [0.25, 0.3) is 0 Å². The van der Waals surface area contributed by atoms with Crippen LogP contribution in [-0.4, -0.2) is 6.18 Å². The molecule has 0 aromatic heterocycles. The average molecular weight is 190 g/mol. The molecule has 0 unspecified atom stereocenters. The molecule has 0 aliphatic heterocycles. The molecular weight excluding hydrogens is 188 g/mol. The highest BCUT2D eigenvalue weighted by Crippen LogP contribution is 2.29. The standard InChI is InChI=1S/C3F6.2FH/c4-1(2(5)6)3(7,8)9;;/h;2*1H. The van der Waals surface area contributed by atoms with Gasteiger partial charge in [-0.2, -0.15) is 26.3 Å². The zero-order chi connectivity index (χ0) is 7.65. The van der Waals surface area contributed by atoms with Crippen molar-refractivity contribution in [1.29, 1.82) is 0 Å². The average Bonchev–Trinajstić information content (AvgIpc) is 1.62. The number of alkyl halides is 3. The largest absolute Gasteiger partial charge is 0.448 e. The van der Waals surface area contributed by atoms with E-state index >= 15 is 0 Å². The van der Waals surface area contributed by atoms with E-state index in [1.165, 1.54) is 0 Å². The van der Waals surface area contributed by atoms with Crippen molar-refractivity contribution < 1.29 is 35.8 Å². The first kappa shape index (κ1) is 16.6. The Hall–Kier alpha value is -0.820. The molecule has 8 heteroatoms. The Morgan fingerprint density at radius 1 is 0.818 bits per heavy atom. The Labute approximate surface area is 55.2 Å². The summed E-state index contributed by atoms with van der Waals surface area (Å²) < 4.78 is 64.8. The van der Waals surface area contributed by atoms with E-state index in [2.05, 4.69) is 0 Å². The van der Waals surface area contributed by atoms with Gasteiger partial charge in [0.2, 0.25) is 0 Å². The lowest BCUT2D eigenvalue weighted by molar-refractivity contribution is -0.113. The van der Waals surface area contributed by atoms with E-state index in [9.17, 15) is 26.3 Å². The lowest BCUT2D eigenvalue weighted by Crippen LogP contribution is -2.08. The number of hydrogen-bond acceptors (Lipinski definition) is 0. The van der Waals surface area contributed by atoms with Crippen molar-refractivity contribution in [3.63, 3.8) is 0 Å². The van der Waals surface area contributed by atoms with Crippen molar-refractivity contribution in [2.45, 2.75) is 6.18 Å². The fraction of sp³-hybridized carbons (Fsp3) is 0.333. The molecule has 11 heavy (non-hydrogen) atoms. The van der Waals surface area contributed by atoms with Crippen molar-refractivity contribution >= 4 is 0 Å². The maximum Gasteiger partial charge on any atom is 0.448 e. The second-order valence-corrected chi connectivity index (χ2v) is 1.07. The Morgan fingerprint density at radius 2 is 1.09 bits per heavy atom. The molecular formula is C3H2F8. The Balaban J connectivity index is -0.000000320. The number of allylic oxidation sites excluding steroid dienone is 1. The van der Waals surface area contributed by atoms with E-state index in [0.29, 0.717) is 0 Å². The van der Waals surface area contributed by atoms with E-state index < -0.39 is 18.1 Å². The van der Waals surface area contributed by atoms with Crippen molar-refractivity contribution in [3.05, 3.63) is 11.9 Å². The lowest BCUT2D eigenvalue weighted by atomic mass is 10.6. The highest BCUT2D eigenvalue weighted by Gasteiger charge is 2.38. The predicted molar refractivity (Wildman–Crippen MR) is 21.4 cm³/mol. The van der Waals surface area contributed by atoms with Gasteiger partial charge in [-0.15, -0.1) is 0 Å². The van der Waals surface area contributed by atoms with Gasteiger partial charge < -0.3 is 0 Å². The molecule has 0 rings (SSSR count). The van der Waals surface area contributed by atoms with Crippen molar-refractivity contribution in [1.82, 2.24) is 0 Å². The molecule has 0 aromatic rings. The van der Waals surface area contributed by atoms with E-state index in [-0.39, 0.29) is 9.41 Å². The minimum atomic E-state index is -5.56. The fourth-order valence-corrected chi connectivity index (χ4v) is 0.107. The van der Waals surface area contributed by atoms with Crippen LogP contribution >= 0.6 is 0 Å². The summed E-state index contributed by atoms with van der Waals surface area (Å²) in [5, 5.41) is 0. The number of rotatable bonds is 0. The van der Waals surface area contributed by atoms with Crippen LogP contribution in [0.15, 0.2) is 11.9 Å². The van der Waals surface area contributed by atoms with Crippen LogP contribution in [0, 0.1) is 0 Å². The Morgan fingerprint density at radius 3 is 1.09 bits per heavy atom. The quantitative estimate of drug-likeness (QED) is 0.515. The molecule has 0 amide bonds. The molecule has 0 saturated heterocycles. The predicted octanol–water partition coefficient (Wildman–Crippen LogP) is 2.93. The Bertz CT molecular complexity index is 127. The van der Waals surface area contributed by atoms with Crippen LogP contribution in [0.3, 0.4) is 0 Å². The van der Waals surface area contributed by atoms with Gasteiger partial charge in [0.25, 0.3) is 5.83 Å². The molecule has 0 atom stereocenters. The van der Waals surface area contributed by atoms with Gasteiger partial charge in [0.15, 0.2) is 0 Å². The Kier molecular flexibility index (Phi) is 7.43. The summed E-state index contributed by atoms with van der Waals surface area (Å²) in [4.78, 5) is 0. The van der Waals surface area contributed by atoms with Crippen molar-refractivity contribution in [2.24, 2.45) is 0 Å². The summed E-state index contributed by atoms with van der Waals surface area (Å²) in [6.45, 7) is 0. The van der Waals surface area contributed by atoms with Gasteiger partial charge in [-0.1, -0.05) is 0 Å². The highest BCUT2D eigenvalue weighted by molar-refractivity contribution is 4.98. The molecule has 0 spiro atoms. The van der Waals surface area contributed by atoms with Gasteiger partial charge in [0.1, 0.15) is 0 Å². The number of halogens is 8. The highest BCUT2D eigenvalue weighted by atomic mass is 19.4. The number of hydrogen-bond donors (Lipinski definition) is 0. The minimum Gasteiger partial charge on any atom is -0.269 e. The molecule has 0 radical (unpaired) electrons. The van der Waals surface area contributed by atoms with Gasteiger partial charge in [-0.3, -0.25) is 9.41 Å². The zero-order valence-corrected chi connectivity index (χ0v) is 4.58. The van der Waals surface area contributed by atoms with Crippen LogP contribution in [-0.2, 0) is 0 Å². The first-order valence-electron chi connectivity index (χ1n) is 1.63. The SMILES string of the molecule is F.F.FC(F)=C(F)C(F)(F)F. The first-order valence-corrected chi connectivity index (χ1v) is 1.63. The summed E-state index contributed by atoms with van der Waals surface area (Å²) in [6, 6.07) is 0. The molecule has 0 N–H and O–H groups in total. The topological polar surface area (TPSA) is 0 Å². The molecule has 0 fully saturated rings. The second-order valence-electron chi connectivity index (χ2n) is 1.07. The zero-order valence-electron chi connectivity index (χ0n) is 4.58. The van der Waals surface area contributed by atoms with Gasteiger partial charge >= 0.3 is 12.3 Å². The molecule has 0 heterocycles. The lowest BCUT2D eigenvalue weighted by Gasteiger charge is -1.98. The molecule has 0 bridgehead atoms. The van der Waals surface area contributed by atoms with Crippen molar-refractivity contribution in [3.8, 4) is 0 Å². The van der Waals surface area contributed by atoms with Crippen molar-refractivity contribution in [2.75, 3.05) is 0 Å². The molecule has 0 nitrogen and oxygen atoms in total. The monoisotopic (exact) mass is 190 g/mol. The van der Waals surface area contributed by atoms with E-state index in [4.69, 9.17) is 0 Å². The van der Waals surface area contributed by atoms with Crippen LogP contribution in [0.2, 0.25) is 0 Å². The molecule has 0 aromatic carbocycles. The molecule has 0 aliphatic rings. The summed E-state index contributed by atoms with van der Waals surface area (Å²) in [5.74, 6) is -3.33. The van der Waals surface area contributed by atoms with E-state index in [1.54, 1.807) is 0 Å². The van der Waals surface area contributed by atoms with Gasteiger partial charge in [0, 0.05) is 0 Å². The van der Waals surface area contributed by atoms with Crippen LogP contribution < -0.4 is 0 Å². The maximum absolute atomic E-state index is 11.0. The van der Waals surface area contributed by atoms with Gasteiger partial charge in [-0.05, 0) is 0 Å². The smallest absolute Gasteiger partial charge is 0.269 e. The maximum atomic E-state index is 11.0. The summed E-state index contributed by atoms with van der Waals surface area (Å²) >= 11 is 0.